The molecule has 1 N–H and O–H groups in total. The summed E-state index contributed by atoms with van der Waals surface area (Å²) in [6, 6.07) is 13.5. The first kappa shape index (κ1) is 22.0. The number of carbonyl (C=O) groups excluding carboxylic acids is 2. The third kappa shape index (κ3) is 5.00. The average molecular weight is 459 g/mol. The first-order valence-electron chi connectivity index (χ1n) is 10.4. The maximum absolute atomic E-state index is 13.1. The van der Waals surface area contributed by atoms with E-state index in [1.807, 2.05) is 42.7 Å². The molecule has 31 heavy (non-hydrogen) atoms. The van der Waals surface area contributed by atoms with Crippen LogP contribution in [0.1, 0.15) is 6.42 Å². The number of nitrogens with zero attached hydrogens (tertiary/aromatic N) is 3. The molecule has 2 heterocycles. The van der Waals surface area contributed by atoms with Gasteiger partial charge in [0.15, 0.2) is 0 Å². The second-order valence-corrected chi connectivity index (χ2v) is 9.36. The Morgan fingerprint density at radius 2 is 1.81 bits per heavy atom. The highest BCUT2D eigenvalue weighted by Crippen LogP contribution is 2.32. The van der Waals surface area contributed by atoms with Crippen LogP contribution >= 0.6 is 23.4 Å². The van der Waals surface area contributed by atoms with Gasteiger partial charge in [0.1, 0.15) is 0 Å². The van der Waals surface area contributed by atoms with Gasteiger partial charge in [0.25, 0.3) is 0 Å². The molecule has 2 amide bonds. The molecule has 2 aromatic carbocycles. The fraction of sp³-hybridized carbons (Fsp3) is 0.391. The summed E-state index contributed by atoms with van der Waals surface area (Å²) in [7, 11) is 2.11. The summed E-state index contributed by atoms with van der Waals surface area (Å²) in [6.45, 7) is 4.11. The quantitative estimate of drug-likeness (QED) is 0.690. The summed E-state index contributed by atoms with van der Waals surface area (Å²) < 4.78 is 0. The fourth-order valence-corrected chi connectivity index (χ4v) is 4.64. The number of likely N-dealkylation sites (N-methyl/N-ethyl adjacent to an activating group) is 1. The predicted molar refractivity (Wildman–Crippen MR) is 128 cm³/mol. The van der Waals surface area contributed by atoms with Gasteiger partial charge in [-0.05, 0) is 55.8 Å². The lowest BCUT2D eigenvalue weighted by Gasteiger charge is -2.35. The van der Waals surface area contributed by atoms with Crippen molar-refractivity contribution in [2.45, 2.75) is 11.3 Å². The molecule has 0 saturated carbocycles. The molecular weight excluding hydrogens is 432 g/mol. The standard InChI is InChI=1S/C23H27ClN4O2S/c1-26-9-11-27(12-10-26)21-8-3-17(24)14-20(21)25-23(30)16-13-22(29)28(15-16)18-4-6-19(31-2)7-5-18/h3-8,14,16H,9-13,15H2,1-2H3,(H,25,30). The Morgan fingerprint density at radius 1 is 1.10 bits per heavy atom. The lowest BCUT2D eigenvalue weighted by Crippen LogP contribution is -2.44. The SMILES string of the molecule is CSc1ccc(N2CC(C(=O)Nc3cc(Cl)ccc3N3CCN(C)CC3)CC2=O)cc1. The van der Waals surface area contributed by atoms with Gasteiger partial charge in [-0.2, -0.15) is 0 Å². The summed E-state index contributed by atoms with van der Waals surface area (Å²) in [5.41, 5.74) is 2.51. The molecular formula is C23H27ClN4O2S. The first-order valence-corrected chi connectivity index (χ1v) is 12.0. The van der Waals surface area contributed by atoms with Crippen molar-refractivity contribution in [1.29, 1.82) is 0 Å². The van der Waals surface area contributed by atoms with Crippen LogP contribution in [0.15, 0.2) is 47.4 Å². The van der Waals surface area contributed by atoms with Crippen molar-refractivity contribution in [2.24, 2.45) is 5.92 Å². The van der Waals surface area contributed by atoms with Crippen LogP contribution in [0, 0.1) is 5.92 Å². The Balaban J connectivity index is 1.47. The van der Waals surface area contributed by atoms with Gasteiger partial charge >= 0.3 is 0 Å². The molecule has 164 valence electrons. The smallest absolute Gasteiger partial charge is 0.229 e. The second kappa shape index (κ2) is 9.51. The number of thioether (sulfide) groups is 1. The van der Waals surface area contributed by atoms with Gasteiger partial charge in [-0.3, -0.25) is 9.59 Å². The molecule has 0 bridgehead atoms. The third-order valence-electron chi connectivity index (χ3n) is 5.94. The number of nitrogens with one attached hydrogen (secondary N) is 1. The molecule has 2 saturated heterocycles. The van der Waals surface area contributed by atoms with Crippen molar-refractivity contribution >= 4 is 52.2 Å². The van der Waals surface area contributed by atoms with Crippen LogP contribution in [-0.4, -0.2) is 62.7 Å². The van der Waals surface area contributed by atoms with Crippen molar-refractivity contribution < 1.29 is 9.59 Å². The van der Waals surface area contributed by atoms with E-state index in [9.17, 15) is 9.59 Å². The molecule has 8 heteroatoms. The number of amides is 2. The van der Waals surface area contributed by atoms with Crippen molar-refractivity contribution in [3.8, 4) is 0 Å². The predicted octanol–water partition coefficient (Wildman–Crippen LogP) is 3.81. The number of hydrogen-bond donors (Lipinski definition) is 1. The van der Waals surface area contributed by atoms with E-state index >= 15 is 0 Å². The molecule has 1 unspecified atom stereocenters. The van der Waals surface area contributed by atoms with Crippen molar-refractivity contribution in [1.82, 2.24) is 4.90 Å². The van der Waals surface area contributed by atoms with Gasteiger partial charge in [-0.25, -0.2) is 0 Å². The van der Waals surface area contributed by atoms with Gasteiger partial charge in [0.2, 0.25) is 11.8 Å². The monoisotopic (exact) mass is 458 g/mol. The van der Waals surface area contributed by atoms with Gasteiger partial charge in [-0.1, -0.05) is 11.6 Å². The van der Waals surface area contributed by atoms with Crippen LogP contribution in [0.2, 0.25) is 5.02 Å². The Kier molecular flexibility index (Phi) is 6.74. The van der Waals surface area contributed by atoms with E-state index in [1.165, 1.54) is 0 Å². The highest BCUT2D eigenvalue weighted by Gasteiger charge is 2.35. The molecule has 6 nitrogen and oxygen atoms in total. The van der Waals surface area contributed by atoms with Gasteiger partial charge in [-0.15, -0.1) is 11.8 Å². The molecule has 2 aliphatic rings. The normalized spacial score (nSPS) is 19.7. The topological polar surface area (TPSA) is 55.9 Å². The molecule has 0 aromatic heterocycles. The second-order valence-electron chi connectivity index (χ2n) is 8.04. The third-order valence-corrected chi connectivity index (χ3v) is 6.92. The van der Waals surface area contributed by atoms with E-state index in [0.717, 1.165) is 42.4 Å². The van der Waals surface area contributed by atoms with Crippen molar-refractivity contribution in [3.63, 3.8) is 0 Å². The zero-order valence-corrected chi connectivity index (χ0v) is 19.4. The lowest BCUT2D eigenvalue weighted by molar-refractivity contribution is -0.122. The minimum atomic E-state index is -0.396. The summed E-state index contributed by atoms with van der Waals surface area (Å²) in [5.74, 6) is -0.566. The van der Waals surface area contributed by atoms with Crippen LogP contribution in [-0.2, 0) is 9.59 Å². The van der Waals surface area contributed by atoms with Gasteiger partial charge < -0.3 is 20.0 Å². The number of piperazine rings is 1. The van der Waals surface area contributed by atoms with E-state index in [4.69, 9.17) is 11.6 Å². The first-order chi connectivity index (χ1) is 14.9. The summed E-state index contributed by atoms with van der Waals surface area (Å²) in [4.78, 5) is 33.1. The Hall–Kier alpha value is -2.22. The minimum absolute atomic E-state index is 0.0255. The minimum Gasteiger partial charge on any atom is -0.367 e. The number of rotatable bonds is 5. The summed E-state index contributed by atoms with van der Waals surface area (Å²) >= 11 is 7.89. The lowest BCUT2D eigenvalue weighted by atomic mass is 10.1. The van der Waals surface area contributed by atoms with Crippen LogP contribution < -0.4 is 15.1 Å². The molecule has 0 radical (unpaired) electrons. The number of anilines is 3. The highest BCUT2D eigenvalue weighted by molar-refractivity contribution is 7.98. The van der Waals surface area contributed by atoms with E-state index in [0.29, 0.717) is 17.3 Å². The number of benzene rings is 2. The molecule has 2 aromatic rings. The van der Waals surface area contributed by atoms with Crippen molar-refractivity contribution in [3.05, 3.63) is 47.5 Å². The zero-order valence-electron chi connectivity index (χ0n) is 17.8. The Labute approximate surface area is 192 Å². The van der Waals surface area contributed by atoms with E-state index < -0.39 is 5.92 Å². The van der Waals surface area contributed by atoms with E-state index in [1.54, 1.807) is 22.7 Å². The fourth-order valence-electron chi connectivity index (χ4n) is 4.06. The summed E-state index contributed by atoms with van der Waals surface area (Å²) in [5, 5.41) is 3.63. The largest absolute Gasteiger partial charge is 0.367 e. The maximum Gasteiger partial charge on any atom is 0.229 e. The molecule has 4 rings (SSSR count). The van der Waals surface area contributed by atoms with E-state index in [2.05, 4.69) is 22.2 Å². The number of halogens is 1. The molecule has 1 atom stereocenters. The molecule has 0 spiro atoms. The number of carbonyl (C=O) groups is 2. The summed E-state index contributed by atoms with van der Waals surface area (Å²) in [6.07, 6.45) is 2.23. The van der Waals surface area contributed by atoms with Crippen molar-refractivity contribution in [2.75, 3.05) is 61.1 Å². The highest BCUT2D eigenvalue weighted by atomic mass is 35.5. The van der Waals surface area contributed by atoms with Gasteiger partial charge in [0.05, 0.1) is 17.3 Å². The van der Waals surface area contributed by atoms with E-state index in [-0.39, 0.29) is 18.2 Å². The number of hydrogen-bond acceptors (Lipinski definition) is 5. The van der Waals surface area contributed by atoms with Crippen LogP contribution in [0.3, 0.4) is 0 Å². The zero-order chi connectivity index (χ0) is 22.0. The van der Waals surface area contributed by atoms with Crippen LogP contribution in [0.4, 0.5) is 17.1 Å². The Morgan fingerprint density at radius 3 is 2.48 bits per heavy atom. The van der Waals surface area contributed by atoms with Crippen LogP contribution in [0.25, 0.3) is 0 Å². The van der Waals surface area contributed by atoms with Gasteiger partial charge in [0, 0.05) is 54.8 Å². The average Bonchev–Trinajstić information content (AvgIpc) is 3.16. The Bertz CT molecular complexity index is 961. The molecule has 2 fully saturated rings. The van der Waals surface area contributed by atoms with Crippen LogP contribution in [0.5, 0.6) is 0 Å². The maximum atomic E-state index is 13.1. The molecule has 0 aliphatic carbocycles. The molecule has 2 aliphatic heterocycles.